The van der Waals surface area contributed by atoms with Crippen LogP contribution in [0.4, 0.5) is 18.0 Å². The topological polar surface area (TPSA) is 69.6 Å². The van der Waals surface area contributed by atoms with E-state index < -0.39 is 43.1 Å². The molecule has 0 bridgehead atoms. The number of carboxylic acid groups (broad SMARTS) is 1. The van der Waals surface area contributed by atoms with E-state index >= 15 is 0 Å². The highest BCUT2D eigenvalue weighted by atomic mass is 19.4. The number of nitrogens with zero attached hydrogens (tertiary/aromatic N) is 1. The largest absolute Gasteiger partial charge is 0.481 e. The molecule has 2 aliphatic rings. The molecule has 0 spiro atoms. The molecule has 0 aromatic heterocycles. The maximum atomic E-state index is 12.8. The smallest absolute Gasteiger partial charge is 0.394 e. The summed E-state index contributed by atoms with van der Waals surface area (Å²) in [4.78, 5) is 23.7. The number of nitrogens with one attached hydrogen (secondary N) is 1. The molecule has 0 radical (unpaired) electrons. The summed E-state index contributed by atoms with van der Waals surface area (Å²) in [5.41, 5.74) is 0.246. The predicted octanol–water partition coefficient (Wildman–Crippen LogP) is 2.08. The quantitative estimate of drug-likeness (QED) is 0.835. The third-order valence-electron chi connectivity index (χ3n) is 4.45. The zero-order valence-electron chi connectivity index (χ0n) is 11.7. The molecule has 2 fully saturated rings. The number of aliphatic carboxylic acids is 1. The minimum absolute atomic E-state index is 0.246. The van der Waals surface area contributed by atoms with Gasteiger partial charge in [-0.3, -0.25) is 4.79 Å². The second-order valence-corrected chi connectivity index (χ2v) is 6.29. The summed E-state index contributed by atoms with van der Waals surface area (Å²) in [6.45, 7) is 1.50. The second kappa shape index (κ2) is 5.38. The van der Waals surface area contributed by atoms with Crippen LogP contribution in [0.1, 0.15) is 26.2 Å². The zero-order chi connectivity index (χ0) is 15.8. The highest BCUT2D eigenvalue weighted by Gasteiger charge is 2.53. The van der Waals surface area contributed by atoms with Gasteiger partial charge in [0, 0.05) is 19.6 Å². The summed E-state index contributed by atoms with van der Waals surface area (Å²) in [6, 6.07) is -0.614. The van der Waals surface area contributed by atoms with Gasteiger partial charge in [-0.15, -0.1) is 0 Å². The van der Waals surface area contributed by atoms with Gasteiger partial charge >= 0.3 is 18.2 Å². The number of carbonyl (C=O) groups is 2. The van der Waals surface area contributed by atoms with Crippen molar-refractivity contribution in [3.63, 3.8) is 0 Å². The molecule has 1 aliphatic heterocycles. The fourth-order valence-electron chi connectivity index (χ4n) is 2.60. The first kappa shape index (κ1) is 15.9. The number of carbonyl (C=O) groups excluding carboxylic acids is 1. The lowest BCUT2D eigenvalue weighted by molar-refractivity contribution is -0.187. The number of hydrogen-bond donors (Lipinski definition) is 2. The van der Waals surface area contributed by atoms with E-state index in [2.05, 4.69) is 12.2 Å². The van der Waals surface area contributed by atoms with Crippen LogP contribution in [0.3, 0.4) is 0 Å². The molecule has 0 aromatic rings. The van der Waals surface area contributed by atoms with Crippen molar-refractivity contribution in [1.29, 1.82) is 0 Å². The highest BCUT2D eigenvalue weighted by molar-refractivity contribution is 5.77. The number of alkyl halides is 3. The van der Waals surface area contributed by atoms with Gasteiger partial charge in [0.15, 0.2) is 0 Å². The average Bonchev–Trinajstić information content (AvgIpc) is 2.92. The number of amides is 2. The first-order valence-corrected chi connectivity index (χ1v) is 6.95. The summed E-state index contributed by atoms with van der Waals surface area (Å²) in [7, 11) is 0. The second-order valence-electron chi connectivity index (χ2n) is 6.29. The molecule has 1 saturated heterocycles. The van der Waals surface area contributed by atoms with Crippen LogP contribution in [0.2, 0.25) is 0 Å². The number of rotatable bonds is 4. The first-order chi connectivity index (χ1) is 9.62. The van der Waals surface area contributed by atoms with Crippen LogP contribution in [0, 0.1) is 17.3 Å². The van der Waals surface area contributed by atoms with E-state index in [0.29, 0.717) is 6.54 Å². The van der Waals surface area contributed by atoms with Gasteiger partial charge in [0.25, 0.3) is 0 Å². The lowest BCUT2D eigenvalue weighted by Crippen LogP contribution is -2.40. The third-order valence-corrected chi connectivity index (χ3v) is 4.45. The van der Waals surface area contributed by atoms with Gasteiger partial charge in [-0.05, 0) is 24.7 Å². The first-order valence-electron chi connectivity index (χ1n) is 6.95. The molecule has 0 unspecified atom stereocenters. The van der Waals surface area contributed by atoms with Crippen LogP contribution in [0.5, 0.6) is 0 Å². The average molecular weight is 308 g/mol. The molecule has 2 amide bonds. The number of hydrogen-bond acceptors (Lipinski definition) is 2. The Balaban J connectivity index is 1.88. The lowest BCUT2D eigenvalue weighted by Gasteiger charge is -2.19. The standard InChI is InChI=1S/C13H19F3N2O3/c1-12(2-3-12)4-5-17-11(21)18-6-8(10(19)20)9(7-18)13(14,15)16/h8-9H,2-7H2,1H3,(H,17,21)(H,19,20)/t8-,9-/m1/s1. The van der Waals surface area contributed by atoms with Gasteiger partial charge in [0.2, 0.25) is 0 Å². The Kier molecular flexibility index (Phi) is 4.08. The number of halogens is 3. The monoisotopic (exact) mass is 308 g/mol. The highest BCUT2D eigenvalue weighted by Crippen LogP contribution is 2.47. The van der Waals surface area contributed by atoms with Gasteiger partial charge in [-0.1, -0.05) is 6.92 Å². The van der Waals surface area contributed by atoms with E-state index in [4.69, 9.17) is 5.11 Å². The number of likely N-dealkylation sites (tertiary alicyclic amines) is 1. The van der Waals surface area contributed by atoms with Crippen molar-refractivity contribution in [2.24, 2.45) is 17.3 Å². The maximum Gasteiger partial charge on any atom is 0.394 e. The Bertz CT molecular complexity index is 435. The molecule has 120 valence electrons. The Morgan fingerprint density at radius 1 is 1.33 bits per heavy atom. The van der Waals surface area contributed by atoms with E-state index in [1.54, 1.807) is 0 Å². The molecule has 5 nitrogen and oxygen atoms in total. The third kappa shape index (κ3) is 3.79. The normalized spacial score (nSPS) is 27.5. The van der Waals surface area contributed by atoms with E-state index in [1.165, 1.54) is 0 Å². The Morgan fingerprint density at radius 3 is 2.38 bits per heavy atom. The molecular formula is C13H19F3N2O3. The fourth-order valence-corrected chi connectivity index (χ4v) is 2.60. The van der Waals surface area contributed by atoms with Gasteiger partial charge in [-0.25, -0.2) is 4.79 Å². The molecule has 8 heteroatoms. The zero-order valence-corrected chi connectivity index (χ0v) is 11.7. The van der Waals surface area contributed by atoms with E-state index in [1.807, 2.05) is 0 Å². The summed E-state index contributed by atoms with van der Waals surface area (Å²) >= 11 is 0. The van der Waals surface area contributed by atoms with Crippen molar-refractivity contribution >= 4 is 12.0 Å². The Morgan fingerprint density at radius 2 is 1.95 bits per heavy atom. The molecule has 1 saturated carbocycles. The van der Waals surface area contributed by atoms with Crippen molar-refractivity contribution in [2.45, 2.75) is 32.4 Å². The van der Waals surface area contributed by atoms with Crippen molar-refractivity contribution in [2.75, 3.05) is 19.6 Å². The van der Waals surface area contributed by atoms with E-state index in [0.717, 1.165) is 24.2 Å². The molecule has 0 aromatic carbocycles. The maximum absolute atomic E-state index is 12.8. The Labute approximate surface area is 120 Å². The van der Waals surface area contributed by atoms with E-state index in [9.17, 15) is 22.8 Å². The molecule has 21 heavy (non-hydrogen) atoms. The van der Waals surface area contributed by atoms with Gasteiger partial charge < -0.3 is 15.3 Å². The van der Waals surface area contributed by atoms with Crippen LogP contribution in [0.15, 0.2) is 0 Å². The van der Waals surface area contributed by atoms with Crippen molar-refractivity contribution in [3.05, 3.63) is 0 Å². The lowest BCUT2D eigenvalue weighted by atomic mass is 9.96. The van der Waals surface area contributed by atoms with Crippen molar-refractivity contribution < 1.29 is 27.9 Å². The molecule has 1 aliphatic carbocycles. The number of carboxylic acids is 1. The van der Waals surface area contributed by atoms with Crippen LogP contribution >= 0.6 is 0 Å². The predicted molar refractivity (Wildman–Crippen MR) is 67.6 cm³/mol. The molecule has 2 atom stereocenters. The van der Waals surface area contributed by atoms with Crippen LogP contribution < -0.4 is 5.32 Å². The van der Waals surface area contributed by atoms with Crippen LogP contribution in [-0.2, 0) is 4.79 Å². The van der Waals surface area contributed by atoms with Crippen LogP contribution in [0.25, 0.3) is 0 Å². The SMILES string of the molecule is CC1(CCNC(=O)N2C[C@@H](C(F)(F)F)[C@H](C(=O)O)C2)CC1. The fraction of sp³-hybridized carbons (Fsp3) is 0.846. The Hall–Kier alpha value is -1.47. The van der Waals surface area contributed by atoms with Crippen LogP contribution in [-0.4, -0.2) is 47.8 Å². The summed E-state index contributed by atoms with van der Waals surface area (Å²) in [6.07, 6.45) is -1.62. The molecule has 2 N–H and O–H groups in total. The minimum atomic E-state index is -4.61. The van der Waals surface area contributed by atoms with Crippen molar-refractivity contribution in [3.8, 4) is 0 Å². The minimum Gasteiger partial charge on any atom is -0.481 e. The summed E-state index contributed by atoms with van der Waals surface area (Å²) in [5.74, 6) is -5.10. The summed E-state index contributed by atoms with van der Waals surface area (Å²) < 4.78 is 38.4. The van der Waals surface area contributed by atoms with Gasteiger partial charge in [-0.2, -0.15) is 13.2 Å². The van der Waals surface area contributed by atoms with Crippen molar-refractivity contribution in [1.82, 2.24) is 10.2 Å². The molecule has 2 rings (SSSR count). The summed E-state index contributed by atoms with van der Waals surface area (Å²) in [5, 5.41) is 11.5. The molecular weight excluding hydrogens is 289 g/mol. The van der Waals surface area contributed by atoms with Gasteiger partial charge in [0.05, 0.1) is 11.8 Å². The van der Waals surface area contributed by atoms with E-state index in [-0.39, 0.29) is 5.41 Å². The van der Waals surface area contributed by atoms with Gasteiger partial charge in [0.1, 0.15) is 0 Å². The number of urea groups is 1. The molecule has 1 heterocycles.